The van der Waals surface area contributed by atoms with Crippen LogP contribution in [0.5, 0.6) is 0 Å². The molecule has 0 radical (unpaired) electrons. The molecule has 5 heteroatoms. The number of carboxylic acid groups (broad SMARTS) is 1. The highest BCUT2D eigenvalue weighted by Crippen LogP contribution is 1.87. The van der Waals surface area contributed by atoms with Crippen molar-refractivity contribution in [3.05, 3.63) is 12.3 Å². The van der Waals surface area contributed by atoms with Crippen LogP contribution in [0.15, 0.2) is 12.3 Å². The zero-order chi connectivity index (χ0) is 10.1. The Morgan fingerprint density at radius 3 is 2.77 bits per heavy atom. The normalized spacial score (nSPS) is 13.1. The molecule has 5 nitrogen and oxygen atoms in total. The third-order valence-electron chi connectivity index (χ3n) is 1.38. The highest BCUT2D eigenvalue weighted by molar-refractivity contribution is 5.79. The molecule has 0 saturated heterocycles. The minimum Gasteiger partial charge on any atom is -0.478 e. The molecular weight excluding hydrogens is 174 g/mol. The topological polar surface area (TPSA) is 67.8 Å². The monoisotopic (exact) mass is 189 g/mol. The fourth-order valence-electron chi connectivity index (χ4n) is 0.726. The lowest BCUT2D eigenvalue weighted by molar-refractivity contribution is -0.131. The summed E-state index contributed by atoms with van der Waals surface area (Å²) in [6, 6.07) is 0. The molecule has 0 bridgehead atoms. The van der Waals surface area contributed by atoms with Crippen LogP contribution in [-0.2, 0) is 14.3 Å². The molecule has 0 aromatic carbocycles. The first-order valence-corrected chi connectivity index (χ1v) is 3.85. The van der Waals surface area contributed by atoms with Crippen LogP contribution in [-0.4, -0.2) is 44.6 Å². The van der Waals surface area contributed by atoms with E-state index in [1.54, 1.807) is 14.2 Å². The van der Waals surface area contributed by atoms with Crippen molar-refractivity contribution in [2.75, 3.05) is 27.4 Å². The molecule has 1 atom stereocenters. The average Bonchev–Trinajstić information content (AvgIpc) is 2.10. The van der Waals surface area contributed by atoms with Crippen molar-refractivity contribution in [2.24, 2.45) is 0 Å². The van der Waals surface area contributed by atoms with E-state index in [-0.39, 0.29) is 6.10 Å². The van der Waals surface area contributed by atoms with Gasteiger partial charge in [-0.1, -0.05) is 0 Å². The number of methoxy groups -OCH3 is 2. The standard InChI is InChI=1S/C8H15NO4/c1-12-6-7(13-2)5-9-4-3-8(10)11/h3-4,7,9H,5-6H2,1-2H3,(H,10,11)/b4-3+. The van der Waals surface area contributed by atoms with Crippen LogP contribution < -0.4 is 5.32 Å². The molecule has 76 valence electrons. The second kappa shape index (κ2) is 7.57. The molecule has 0 amide bonds. The van der Waals surface area contributed by atoms with Crippen LogP contribution in [0.25, 0.3) is 0 Å². The second-order valence-electron chi connectivity index (χ2n) is 2.39. The van der Waals surface area contributed by atoms with Crippen LogP contribution >= 0.6 is 0 Å². The number of carbonyl (C=O) groups is 1. The predicted molar refractivity (Wildman–Crippen MR) is 47.5 cm³/mol. The Balaban J connectivity index is 3.54. The summed E-state index contributed by atoms with van der Waals surface area (Å²) in [5, 5.41) is 11.0. The maximum Gasteiger partial charge on any atom is 0.329 e. The molecule has 2 N–H and O–H groups in total. The van der Waals surface area contributed by atoms with Gasteiger partial charge in [0, 0.05) is 33.0 Å². The summed E-state index contributed by atoms with van der Waals surface area (Å²) in [5.41, 5.74) is 0. The van der Waals surface area contributed by atoms with Crippen molar-refractivity contribution in [2.45, 2.75) is 6.10 Å². The molecule has 0 rings (SSSR count). The number of nitrogens with one attached hydrogen (secondary N) is 1. The Morgan fingerprint density at radius 2 is 2.31 bits per heavy atom. The number of aliphatic carboxylic acids is 1. The fourth-order valence-corrected chi connectivity index (χ4v) is 0.726. The van der Waals surface area contributed by atoms with E-state index in [4.69, 9.17) is 14.6 Å². The Hall–Kier alpha value is -1.07. The van der Waals surface area contributed by atoms with Gasteiger partial charge in [-0.2, -0.15) is 0 Å². The minimum absolute atomic E-state index is 0.0663. The van der Waals surface area contributed by atoms with Gasteiger partial charge in [0.25, 0.3) is 0 Å². The maximum absolute atomic E-state index is 10.1. The average molecular weight is 189 g/mol. The molecule has 0 fully saturated rings. The summed E-state index contributed by atoms with van der Waals surface area (Å²) in [6.45, 7) is 0.999. The van der Waals surface area contributed by atoms with Gasteiger partial charge in [0.05, 0.1) is 12.7 Å². The summed E-state index contributed by atoms with van der Waals surface area (Å²) in [5.74, 6) is -0.979. The van der Waals surface area contributed by atoms with Gasteiger partial charge in [0.2, 0.25) is 0 Å². The Kier molecular flexibility index (Phi) is 6.95. The van der Waals surface area contributed by atoms with Gasteiger partial charge in [0.1, 0.15) is 0 Å². The van der Waals surface area contributed by atoms with Gasteiger partial charge in [-0.3, -0.25) is 0 Å². The Labute approximate surface area is 77.3 Å². The highest BCUT2D eigenvalue weighted by Gasteiger charge is 2.03. The maximum atomic E-state index is 10.1. The molecule has 13 heavy (non-hydrogen) atoms. The van der Waals surface area contributed by atoms with Gasteiger partial charge in [-0.25, -0.2) is 4.79 Å². The first kappa shape index (κ1) is 11.9. The van der Waals surface area contributed by atoms with Crippen molar-refractivity contribution in [1.82, 2.24) is 5.32 Å². The number of hydrogen-bond acceptors (Lipinski definition) is 4. The third-order valence-corrected chi connectivity index (χ3v) is 1.38. The van der Waals surface area contributed by atoms with E-state index in [2.05, 4.69) is 5.32 Å². The molecule has 0 saturated carbocycles. The van der Waals surface area contributed by atoms with Crippen molar-refractivity contribution in [3.8, 4) is 0 Å². The lowest BCUT2D eigenvalue weighted by Crippen LogP contribution is -2.29. The third kappa shape index (κ3) is 7.30. The zero-order valence-corrected chi connectivity index (χ0v) is 7.82. The van der Waals surface area contributed by atoms with E-state index < -0.39 is 5.97 Å². The number of carboxylic acids is 1. The van der Waals surface area contributed by atoms with Crippen molar-refractivity contribution in [3.63, 3.8) is 0 Å². The summed E-state index contributed by atoms with van der Waals surface area (Å²) >= 11 is 0. The Morgan fingerprint density at radius 1 is 1.62 bits per heavy atom. The highest BCUT2D eigenvalue weighted by atomic mass is 16.5. The second-order valence-corrected chi connectivity index (χ2v) is 2.39. The lowest BCUT2D eigenvalue weighted by Gasteiger charge is -2.13. The van der Waals surface area contributed by atoms with Crippen molar-refractivity contribution < 1.29 is 19.4 Å². The molecule has 0 heterocycles. The van der Waals surface area contributed by atoms with Crippen molar-refractivity contribution >= 4 is 5.97 Å². The fraction of sp³-hybridized carbons (Fsp3) is 0.625. The van der Waals surface area contributed by atoms with E-state index >= 15 is 0 Å². The summed E-state index contributed by atoms with van der Waals surface area (Å²) in [7, 11) is 3.16. The van der Waals surface area contributed by atoms with Gasteiger partial charge in [-0.05, 0) is 0 Å². The van der Waals surface area contributed by atoms with Crippen LogP contribution in [0.4, 0.5) is 0 Å². The van der Waals surface area contributed by atoms with Crippen LogP contribution in [0.2, 0.25) is 0 Å². The lowest BCUT2D eigenvalue weighted by atomic mass is 10.4. The number of ether oxygens (including phenoxy) is 2. The molecule has 0 aliphatic carbocycles. The van der Waals surface area contributed by atoms with E-state index in [0.717, 1.165) is 6.08 Å². The largest absolute Gasteiger partial charge is 0.478 e. The van der Waals surface area contributed by atoms with E-state index in [1.807, 2.05) is 0 Å². The summed E-state index contributed by atoms with van der Waals surface area (Å²) in [4.78, 5) is 10.1. The van der Waals surface area contributed by atoms with E-state index in [1.165, 1.54) is 6.20 Å². The first-order valence-electron chi connectivity index (χ1n) is 3.85. The predicted octanol–water partition coefficient (Wildman–Crippen LogP) is -0.164. The van der Waals surface area contributed by atoms with Crippen LogP contribution in [0.3, 0.4) is 0 Å². The Bertz CT molecular complexity index is 170. The quantitative estimate of drug-likeness (QED) is 0.544. The van der Waals surface area contributed by atoms with Crippen LogP contribution in [0, 0.1) is 0 Å². The molecule has 0 aromatic rings. The van der Waals surface area contributed by atoms with Crippen LogP contribution in [0.1, 0.15) is 0 Å². The molecule has 1 unspecified atom stereocenters. The van der Waals surface area contributed by atoms with Gasteiger partial charge in [0.15, 0.2) is 0 Å². The first-order chi connectivity index (χ1) is 6.20. The number of hydrogen-bond donors (Lipinski definition) is 2. The summed E-state index contributed by atoms with van der Waals surface area (Å²) < 4.78 is 9.90. The van der Waals surface area contributed by atoms with Gasteiger partial charge in [-0.15, -0.1) is 0 Å². The van der Waals surface area contributed by atoms with E-state index in [0.29, 0.717) is 13.2 Å². The minimum atomic E-state index is -0.979. The molecule has 0 aromatic heterocycles. The van der Waals surface area contributed by atoms with E-state index in [9.17, 15) is 4.79 Å². The molecule has 0 aliphatic rings. The number of rotatable bonds is 7. The zero-order valence-electron chi connectivity index (χ0n) is 7.82. The smallest absolute Gasteiger partial charge is 0.329 e. The van der Waals surface area contributed by atoms with Gasteiger partial charge >= 0.3 is 5.97 Å². The SMILES string of the molecule is COCC(CN/C=C/C(=O)O)OC. The molecular formula is C8H15NO4. The molecule has 0 spiro atoms. The van der Waals surface area contributed by atoms with Crippen molar-refractivity contribution in [1.29, 1.82) is 0 Å². The van der Waals surface area contributed by atoms with Gasteiger partial charge < -0.3 is 19.9 Å². The molecule has 0 aliphatic heterocycles. The summed E-state index contributed by atoms with van der Waals surface area (Å²) in [6.07, 6.45) is 2.33.